The van der Waals surface area contributed by atoms with Gasteiger partial charge in [-0.15, -0.1) is 0 Å². The second kappa shape index (κ2) is 8.55. The molecule has 1 aliphatic heterocycles. The van der Waals surface area contributed by atoms with E-state index in [1.165, 1.54) is 19.3 Å². The van der Waals surface area contributed by atoms with Crippen molar-refractivity contribution in [2.75, 3.05) is 0 Å². The molecule has 0 radical (unpaired) electrons. The van der Waals surface area contributed by atoms with Gasteiger partial charge in [0.05, 0.1) is 5.92 Å². The molecule has 0 aromatic rings. The van der Waals surface area contributed by atoms with Crippen LogP contribution in [0.2, 0.25) is 0 Å². The number of hydrogen-bond donors (Lipinski definition) is 2. The van der Waals surface area contributed by atoms with E-state index in [4.69, 9.17) is 5.11 Å². The minimum Gasteiger partial charge on any atom is -0.465 e. The lowest BCUT2D eigenvalue weighted by molar-refractivity contribution is -0.169. The quantitative estimate of drug-likeness (QED) is 0.406. The summed E-state index contributed by atoms with van der Waals surface area (Å²) in [7, 11) is 0. The van der Waals surface area contributed by atoms with Crippen LogP contribution in [0.15, 0.2) is 0 Å². The molecule has 0 aromatic carbocycles. The van der Waals surface area contributed by atoms with Crippen molar-refractivity contribution < 1.29 is 24.2 Å². The third-order valence-electron chi connectivity index (χ3n) is 3.54. The van der Waals surface area contributed by atoms with Crippen LogP contribution in [0.3, 0.4) is 0 Å². The van der Waals surface area contributed by atoms with Gasteiger partial charge in [-0.1, -0.05) is 45.4 Å². The van der Waals surface area contributed by atoms with Crippen LogP contribution in [0.1, 0.15) is 58.3 Å². The highest BCUT2D eigenvalue weighted by atomic mass is 16.6. The van der Waals surface area contributed by atoms with Gasteiger partial charge in [0.25, 0.3) is 0 Å². The molecule has 114 valence electrons. The number of carboxylic acid groups (broad SMARTS) is 1. The number of amides is 1. The van der Waals surface area contributed by atoms with Gasteiger partial charge in [-0.3, -0.25) is 4.79 Å². The van der Waals surface area contributed by atoms with Crippen LogP contribution in [-0.2, 0) is 14.3 Å². The Labute approximate surface area is 118 Å². The number of cyclic esters (lactones) is 2. The molecule has 0 aliphatic carbocycles. The predicted molar refractivity (Wildman–Crippen MR) is 72.1 cm³/mol. The maximum atomic E-state index is 11.6. The van der Waals surface area contributed by atoms with Crippen molar-refractivity contribution in [3.8, 4) is 0 Å². The van der Waals surface area contributed by atoms with Gasteiger partial charge >= 0.3 is 18.0 Å². The van der Waals surface area contributed by atoms with Crippen molar-refractivity contribution in [2.45, 2.75) is 64.3 Å². The first-order chi connectivity index (χ1) is 9.54. The van der Waals surface area contributed by atoms with E-state index in [0.717, 1.165) is 19.3 Å². The van der Waals surface area contributed by atoms with Gasteiger partial charge in [-0.2, -0.15) is 0 Å². The largest absolute Gasteiger partial charge is 0.465 e. The van der Waals surface area contributed by atoms with Crippen LogP contribution in [-0.4, -0.2) is 29.2 Å². The van der Waals surface area contributed by atoms with Crippen LogP contribution >= 0.6 is 0 Å². The zero-order valence-electron chi connectivity index (χ0n) is 11.9. The summed E-state index contributed by atoms with van der Waals surface area (Å²) in [5.74, 6) is -1.70. The SMILES string of the molecule is CCCCCCCCC1C[C@H](NC(=O)O)C(=O)OC1=O. The zero-order valence-corrected chi connectivity index (χ0v) is 11.9. The lowest BCUT2D eigenvalue weighted by Crippen LogP contribution is -2.48. The Morgan fingerprint density at radius 2 is 1.85 bits per heavy atom. The minimum absolute atomic E-state index is 0.207. The lowest BCUT2D eigenvalue weighted by Gasteiger charge is -2.26. The smallest absolute Gasteiger partial charge is 0.405 e. The topological polar surface area (TPSA) is 92.7 Å². The fourth-order valence-corrected chi connectivity index (χ4v) is 2.40. The molecule has 0 bridgehead atoms. The van der Waals surface area contributed by atoms with E-state index in [0.29, 0.717) is 6.42 Å². The number of carbonyl (C=O) groups excluding carboxylic acids is 2. The fourth-order valence-electron chi connectivity index (χ4n) is 2.40. The molecule has 1 unspecified atom stereocenters. The summed E-state index contributed by atoms with van der Waals surface area (Å²) in [5, 5.41) is 10.7. The molecule has 0 spiro atoms. The monoisotopic (exact) mass is 285 g/mol. The summed E-state index contributed by atoms with van der Waals surface area (Å²) in [6.45, 7) is 2.16. The van der Waals surface area contributed by atoms with E-state index < -0.39 is 24.1 Å². The Hall–Kier alpha value is -1.59. The van der Waals surface area contributed by atoms with E-state index in [9.17, 15) is 14.4 Å². The third-order valence-corrected chi connectivity index (χ3v) is 3.54. The van der Waals surface area contributed by atoms with Crippen LogP contribution in [0.25, 0.3) is 0 Å². The maximum absolute atomic E-state index is 11.6. The second-order valence-corrected chi connectivity index (χ2v) is 5.23. The van der Waals surface area contributed by atoms with Crippen molar-refractivity contribution in [1.29, 1.82) is 0 Å². The van der Waals surface area contributed by atoms with Gasteiger partial charge in [0.1, 0.15) is 6.04 Å². The van der Waals surface area contributed by atoms with Gasteiger partial charge < -0.3 is 15.2 Å². The summed E-state index contributed by atoms with van der Waals surface area (Å²) >= 11 is 0. The van der Waals surface area contributed by atoms with Crippen LogP contribution in [0.5, 0.6) is 0 Å². The van der Waals surface area contributed by atoms with Gasteiger partial charge in [0.2, 0.25) is 0 Å². The molecule has 1 amide bonds. The van der Waals surface area contributed by atoms with Gasteiger partial charge in [0.15, 0.2) is 0 Å². The van der Waals surface area contributed by atoms with E-state index in [-0.39, 0.29) is 12.3 Å². The Bertz CT molecular complexity index is 355. The Balaban J connectivity index is 2.31. The summed E-state index contributed by atoms with van der Waals surface area (Å²) in [6.07, 6.45) is 6.30. The molecule has 0 aromatic heterocycles. The lowest BCUT2D eigenvalue weighted by atomic mass is 9.91. The molecular formula is C14H23NO5. The van der Waals surface area contributed by atoms with Crippen molar-refractivity contribution >= 4 is 18.0 Å². The molecule has 1 aliphatic rings. The third kappa shape index (κ3) is 5.59. The van der Waals surface area contributed by atoms with Crippen molar-refractivity contribution in [3.63, 3.8) is 0 Å². The van der Waals surface area contributed by atoms with Crippen LogP contribution < -0.4 is 5.32 Å². The predicted octanol–water partition coefficient (Wildman–Crippen LogP) is 2.46. The second-order valence-electron chi connectivity index (χ2n) is 5.23. The number of hydrogen-bond acceptors (Lipinski definition) is 4. The number of carbonyl (C=O) groups is 3. The van der Waals surface area contributed by atoms with Crippen LogP contribution in [0, 0.1) is 5.92 Å². The number of nitrogens with one attached hydrogen (secondary N) is 1. The first kappa shape index (κ1) is 16.5. The molecule has 0 saturated carbocycles. The number of unbranched alkanes of at least 4 members (excludes halogenated alkanes) is 5. The summed E-state index contributed by atoms with van der Waals surface area (Å²) in [5.41, 5.74) is 0. The Morgan fingerprint density at radius 1 is 1.20 bits per heavy atom. The molecule has 2 N–H and O–H groups in total. The highest BCUT2D eigenvalue weighted by Gasteiger charge is 2.37. The van der Waals surface area contributed by atoms with Crippen molar-refractivity contribution in [1.82, 2.24) is 5.32 Å². The molecule has 20 heavy (non-hydrogen) atoms. The van der Waals surface area contributed by atoms with Crippen LogP contribution in [0.4, 0.5) is 4.79 Å². The van der Waals surface area contributed by atoms with E-state index in [2.05, 4.69) is 17.0 Å². The fraction of sp³-hybridized carbons (Fsp3) is 0.786. The Kier molecular flexibility index (Phi) is 7.04. The molecule has 1 saturated heterocycles. The molecule has 6 nitrogen and oxygen atoms in total. The number of ether oxygens (including phenoxy) is 1. The van der Waals surface area contributed by atoms with Crippen molar-refractivity contribution in [3.05, 3.63) is 0 Å². The van der Waals surface area contributed by atoms with Crippen molar-refractivity contribution in [2.24, 2.45) is 5.92 Å². The first-order valence-corrected chi connectivity index (χ1v) is 7.29. The highest BCUT2D eigenvalue weighted by Crippen LogP contribution is 2.23. The molecule has 1 heterocycles. The summed E-state index contributed by atoms with van der Waals surface area (Å²) in [4.78, 5) is 33.5. The summed E-state index contributed by atoms with van der Waals surface area (Å²) < 4.78 is 4.60. The molecule has 6 heteroatoms. The Morgan fingerprint density at radius 3 is 2.50 bits per heavy atom. The molecule has 1 rings (SSSR count). The summed E-state index contributed by atoms with van der Waals surface area (Å²) in [6, 6.07) is -0.921. The zero-order chi connectivity index (χ0) is 15.0. The van der Waals surface area contributed by atoms with E-state index >= 15 is 0 Å². The average Bonchev–Trinajstić information content (AvgIpc) is 2.38. The number of rotatable bonds is 8. The van der Waals surface area contributed by atoms with Gasteiger partial charge in [-0.25, -0.2) is 9.59 Å². The molecular weight excluding hydrogens is 262 g/mol. The molecule has 1 fully saturated rings. The number of esters is 2. The van der Waals surface area contributed by atoms with Gasteiger partial charge in [0, 0.05) is 0 Å². The van der Waals surface area contributed by atoms with E-state index in [1.54, 1.807) is 0 Å². The average molecular weight is 285 g/mol. The first-order valence-electron chi connectivity index (χ1n) is 7.29. The van der Waals surface area contributed by atoms with E-state index in [1.807, 2.05) is 0 Å². The maximum Gasteiger partial charge on any atom is 0.405 e. The minimum atomic E-state index is -1.28. The highest BCUT2D eigenvalue weighted by molar-refractivity contribution is 5.93. The molecule has 2 atom stereocenters. The standard InChI is InChI=1S/C14H23NO5/c1-2-3-4-5-6-7-8-10-9-11(15-14(18)19)13(17)20-12(10)16/h10-11,15H,2-9H2,1H3,(H,18,19)/t10?,11-/m0/s1. The normalized spacial score (nSPS) is 22.4. The van der Waals surface area contributed by atoms with Gasteiger partial charge in [-0.05, 0) is 12.8 Å².